The minimum absolute atomic E-state index is 0.0935. The Hall–Kier alpha value is -3.28. The maximum atomic E-state index is 13.2. The van der Waals surface area contributed by atoms with Gasteiger partial charge in [-0.3, -0.25) is 0 Å². The molecule has 42 heavy (non-hydrogen) atoms. The summed E-state index contributed by atoms with van der Waals surface area (Å²) in [7, 11) is 1.23. The molecule has 2 atom stereocenters. The van der Waals surface area contributed by atoms with E-state index in [0.717, 1.165) is 47.1 Å². The van der Waals surface area contributed by atoms with Gasteiger partial charge in [0.25, 0.3) is 0 Å². The van der Waals surface area contributed by atoms with Crippen LogP contribution >= 0.6 is 11.3 Å². The van der Waals surface area contributed by atoms with E-state index in [2.05, 4.69) is 20.7 Å². The van der Waals surface area contributed by atoms with Crippen molar-refractivity contribution in [2.45, 2.75) is 69.9 Å². The second kappa shape index (κ2) is 13.8. The summed E-state index contributed by atoms with van der Waals surface area (Å²) in [6, 6.07) is 5.76. The van der Waals surface area contributed by atoms with Gasteiger partial charge in [0, 0.05) is 6.61 Å². The standard InChI is InChI=1S/C28H35AsN5O7S/c1-16-23(24(36)29-19(25(37)39-5)15-30-27(38)41-28(2,3)4)42-26(32-16)33-21(35)13-17-9-8-10-20-18(17)14-31-34(20)22-11-6-7-12-40-22/h8-10,14,19,22H,6-7,11-13,15H2,1-5H3,(H,30,38)(H,32,33,35). The number of nitrogens with one attached hydrogen (secondary N) is 2. The number of carbonyl (C=O) groups is 4. The molecule has 1 saturated heterocycles. The van der Waals surface area contributed by atoms with Crippen LogP contribution in [0.2, 0.25) is 4.71 Å². The van der Waals surface area contributed by atoms with Gasteiger partial charge in [0.1, 0.15) is 0 Å². The minimum atomic E-state index is -1.25. The molecule has 1 aliphatic rings. The molecule has 2 amide bonds. The third-order valence-corrected chi connectivity index (χ3v) is 10.2. The van der Waals surface area contributed by atoms with Crippen LogP contribution in [0, 0.1) is 6.92 Å². The number of hydrogen-bond donors (Lipinski definition) is 2. The van der Waals surface area contributed by atoms with Gasteiger partial charge in [-0.15, -0.1) is 0 Å². The van der Waals surface area contributed by atoms with Crippen molar-refractivity contribution in [3.63, 3.8) is 0 Å². The van der Waals surface area contributed by atoms with Crippen LogP contribution in [0.1, 0.15) is 67.2 Å². The molecule has 3 aromatic rings. The van der Waals surface area contributed by atoms with E-state index in [4.69, 9.17) is 14.2 Å². The number of esters is 1. The van der Waals surface area contributed by atoms with Crippen molar-refractivity contribution in [1.29, 1.82) is 0 Å². The van der Waals surface area contributed by atoms with Gasteiger partial charge in [0.2, 0.25) is 0 Å². The Balaban J connectivity index is 1.39. The number of aryl methyl sites for hydroxylation is 1. The molecule has 1 fully saturated rings. The van der Waals surface area contributed by atoms with Gasteiger partial charge in [-0.25, -0.2) is 0 Å². The molecule has 2 aromatic heterocycles. The van der Waals surface area contributed by atoms with Gasteiger partial charge in [0.15, 0.2) is 0 Å². The molecule has 14 heteroatoms. The maximum absolute atomic E-state index is 13.2. The van der Waals surface area contributed by atoms with Crippen LogP contribution in [0.3, 0.4) is 0 Å². The summed E-state index contributed by atoms with van der Waals surface area (Å²) in [5.74, 6) is -0.873. The van der Waals surface area contributed by atoms with Crippen LogP contribution in [-0.4, -0.2) is 78.9 Å². The van der Waals surface area contributed by atoms with Crippen molar-refractivity contribution < 1.29 is 33.4 Å². The Kier molecular flexibility index (Phi) is 10.4. The molecule has 3 heterocycles. The van der Waals surface area contributed by atoms with E-state index in [-0.39, 0.29) is 29.7 Å². The second-order valence-corrected chi connectivity index (χ2v) is 14.5. The molecule has 0 saturated carbocycles. The van der Waals surface area contributed by atoms with Crippen LogP contribution in [0.15, 0.2) is 24.4 Å². The van der Waals surface area contributed by atoms with Crippen molar-refractivity contribution in [3.8, 4) is 0 Å². The molecule has 4 rings (SSSR count). The number of fused-ring (bicyclic) bond motifs is 1. The first kappa shape index (κ1) is 31.6. The summed E-state index contributed by atoms with van der Waals surface area (Å²) in [6.07, 6.45) is 4.10. The molecule has 1 aromatic carbocycles. The van der Waals surface area contributed by atoms with E-state index < -0.39 is 38.1 Å². The topological polar surface area (TPSA) is 151 Å². The van der Waals surface area contributed by atoms with Crippen LogP contribution in [0.25, 0.3) is 10.9 Å². The van der Waals surface area contributed by atoms with Gasteiger partial charge in [-0.1, -0.05) is 0 Å². The molecule has 2 N–H and O–H groups in total. The number of nitrogens with zero attached hydrogens (tertiary/aromatic N) is 3. The first-order chi connectivity index (χ1) is 19.9. The fourth-order valence-corrected chi connectivity index (χ4v) is 7.81. The Morgan fingerprint density at radius 2 is 2.02 bits per heavy atom. The van der Waals surface area contributed by atoms with Crippen LogP contribution in [0.4, 0.5) is 9.93 Å². The molecular formula is C28H35AsN5O7S. The molecule has 1 radical (unpaired) electrons. The number of carbonyl (C=O) groups excluding carboxylic acids is 4. The number of rotatable bonds is 10. The van der Waals surface area contributed by atoms with Crippen LogP contribution in [0.5, 0.6) is 0 Å². The number of methoxy groups -OCH3 is 1. The van der Waals surface area contributed by atoms with Crippen molar-refractivity contribution in [1.82, 2.24) is 20.1 Å². The Labute approximate surface area is 254 Å². The number of ether oxygens (including phenoxy) is 3. The number of aromatic nitrogens is 3. The molecule has 0 aliphatic carbocycles. The predicted octanol–water partition coefficient (Wildman–Crippen LogP) is 4.01. The Morgan fingerprint density at radius 1 is 1.24 bits per heavy atom. The van der Waals surface area contributed by atoms with Crippen molar-refractivity contribution in [2.24, 2.45) is 0 Å². The van der Waals surface area contributed by atoms with Gasteiger partial charge in [0.05, 0.1) is 0 Å². The number of amides is 2. The molecule has 2 unspecified atom stereocenters. The average molecular weight is 661 g/mol. The van der Waals surface area contributed by atoms with E-state index >= 15 is 0 Å². The average Bonchev–Trinajstić information content (AvgIpc) is 3.53. The van der Waals surface area contributed by atoms with Crippen molar-refractivity contribution >= 4 is 65.7 Å². The predicted molar refractivity (Wildman–Crippen MR) is 158 cm³/mol. The van der Waals surface area contributed by atoms with Crippen molar-refractivity contribution in [2.75, 3.05) is 25.6 Å². The molecular weight excluding hydrogens is 625 g/mol. The first-order valence-electron chi connectivity index (χ1n) is 13.6. The monoisotopic (exact) mass is 660 g/mol. The van der Waals surface area contributed by atoms with Gasteiger partial charge in [-0.05, 0) is 19.3 Å². The van der Waals surface area contributed by atoms with Crippen LogP contribution in [-0.2, 0) is 30.2 Å². The normalized spacial score (nSPS) is 16.4. The van der Waals surface area contributed by atoms with Gasteiger partial charge < -0.3 is 4.74 Å². The second-order valence-electron chi connectivity index (χ2n) is 10.8. The summed E-state index contributed by atoms with van der Waals surface area (Å²) in [6.45, 7) is 7.47. The number of alkyl carbamates (subject to hydrolysis) is 1. The summed E-state index contributed by atoms with van der Waals surface area (Å²) in [5.41, 5.74) is 1.48. The Morgan fingerprint density at radius 3 is 2.71 bits per heavy atom. The van der Waals surface area contributed by atoms with Crippen molar-refractivity contribution in [3.05, 3.63) is 40.5 Å². The van der Waals surface area contributed by atoms with Crippen LogP contribution < -0.4 is 10.6 Å². The van der Waals surface area contributed by atoms with E-state index in [1.54, 1.807) is 33.9 Å². The molecule has 0 bridgehead atoms. The quantitative estimate of drug-likeness (QED) is 0.243. The molecule has 225 valence electrons. The number of hydrogen-bond acceptors (Lipinski definition) is 10. The van der Waals surface area contributed by atoms with E-state index in [9.17, 15) is 19.2 Å². The van der Waals surface area contributed by atoms with E-state index in [1.807, 2.05) is 22.9 Å². The number of anilines is 1. The third kappa shape index (κ3) is 8.17. The third-order valence-electron chi connectivity index (χ3n) is 6.33. The summed E-state index contributed by atoms with van der Waals surface area (Å²) >= 11 is -0.190. The molecule has 1 aliphatic heterocycles. The first-order valence-corrected chi connectivity index (χ1v) is 16.4. The van der Waals surface area contributed by atoms with Gasteiger partial charge in [-0.2, -0.15) is 0 Å². The SMILES string of the molecule is COC(=O)C(CNC(=O)OC(C)(C)C)[As]C(=O)c1sc(NC(=O)Cc2cccc3c2cnn3C2CCCCO2)nc1C. The summed E-state index contributed by atoms with van der Waals surface area (Å²) < 4.78 is 16.7. The molecule has 12 nitrogen and oxygen atoms in total. The van der Waals surface area contributed by atoms with E-state index in [1.165, 1.54) is 7.11 Å². The zero-order valence-corrected chi connectivity index (χ0v) is 27.0. The summed E-state index contributed by atoms with van der Waals surface area (Å²) in [4.78, 5) is 55.3. The molecule has 0 spiro atoms. The zero-order chi connectivity index (χ0) is 30.4. The number of benzene rings is 1. The Bertz CT molecular complexity index is 1460. The van der Waals surface area contributed by atoms with E-state index in [0.29, 0.717) is 22.3 Å². The fraction of sp³-hybridized carbons (Fsp3) is 0.500. The number of thiazole rings is 1. The summed E-state index contributed by atoms with van der Waals surface area (Å²) in [5, 5.41) is 11.1. The zero-order valence-electron chi connectivity index (χ0n) is 24.3. The van der Waals surface area contributed by atoms with Gasteiger partial charge >= 0.3 is 225 Å². The fourth-order valence-electron chi connectivity index (χ4n) is 4.43.